The first-order chi connectivity index (χ1) is 8.83. The van der Waals surface area contributed by atoms with Gasteiger partial charge in [0.2, 0.25) is 10.0 Å². The molecule has 1 aromatic rings. The van der Waals surface area contributed by atoms with Crippen LogP contribution in [0.25, 0.3) is 0 Å². The van der Waals surface area contributed by atoms with E-state index >= 15 is 0 Å². The quantitative estimate of drug-likeness (QED) is 0.818. The van der Waals surface area contributed by atoms with E-state index in [2.05, 4.69) is 4.72 Å². The monoisotopic (exact) mass is 284 g/mol. The van der Waals surface area contributed by atoms with Crippen molar-refractivity contribution in [3.8, 4) is 0 Å². The van der Waals surface area contributed by atoms with Crippen LogP contribution in [0.1, 0.15) is 24.0 Å². The molecule has 106 valence electrons. The average Bonchev–Trinajstić information content (AvgIpc) is 2.20. The van der Waals surface area contributed by atoms with Gasteiger partial charge in [0.05, 0.1) is 11.0 Å². The fraction of sp³-hybridized carbons (Fsp3) is 0.538. The molecule has 0 aliphatic heterocycles. The average molecular weight is 284 g/mol. The number of methoxy groups -OCH3 is 1. The first kappa shape index (κ1) is 14.3. The van der Waals surface area contributed by atoms with Crippen molar-refractivity contribution in [2.45, 2.75) is 43.7 Å². The van der Waals surface area contributed by atoms with Crippen LogP contribution in [0.15, 0.2) is 17.0 Å². The van der Waals surface area contributed by atoms with Crippen LogP contribution in [-0.2, 0) is 14.8 Å². The van der Waals surface area contributed by atoms with Crippen molar-refractivity contribution >= 4 is 15.7 Å². The molecule has 0 saturated heterocycles. The maximum absolute atomic E-state index is 12.4. The number of hydrogen-bond donors (Lipinski definition) is 2. The summed E-state index contributed by atoms with van der Waals surface area (Å²) in [7, 11) is -1.85. The number of nitrogen functional groups attached to an aromatic ring is 1. The van der Waals surface area contributed by atoms with E-state index in [1.165, 1.54) is 0 Å². The van der Waals surface area contributed by atoms with E-state index in [9.17, 15) is 8.42 Å². The van der Waals surface area contributed by atoms with E-state index in [0.717, 1.165) is 12.8 Å². The van der Waals surface area contributed by atoms with Crippen molar-refractivity contribution < 1.29 is 13.2 Å². The van der Waals surface area contributed by atoms with Crippen LogP contribution >= 0.6 is 0 Å². The highest BCUT2D eigenvalue weighted by Gasteiger charge is 2.33. The van der Waals surface area contributed by atoms with Gasteiger partial charge in [-0.15, -0.1) is 0 Å². The van der Waals surface area contributed by atoms with Crippen LogP contribution in [0.5, 0.6) is 0 Å². The summed E-state index contributed by atoms with van der Waals surface area (Å²) < 4.78 is 32.7. The lowest BCUT2D eigenvalue weighted by Crippen LogP contribution is -2.47. The summed E-state index contributed by atoms with van der Waals surface area (Å²) in [5.74, 6) is 0. The lowest BCUT2D eigenvalue weighted by Gasteiger charge is -2.34. The van der Waals surface area contributed by atoms with Gasteiger partial charge in [-0.05, 0) is 49.9 Å². The largest absolute Gasteiger partial charge is 0.399 e. The first-order valence-electron chi connectivity index (χ1n) is 6.25. The Morgan fingerprint density at radius 1 is 1.26 bits per heavy atom. The molecule has 1 fully saturated rings. The van der Waals surface area contributed by atoms with Crippen molar-refractivity contribution in [3.63, 3.8) is 0 Å². The van der Waals surface area contributed by atoms with Gasteiger partial charge in [0, 0.05) is 18.8 Å². The minimum Gasteiger partial charge on any atom is -0.399 e. The number of anilines is 1. The number of rotatable bonds is 4. The summed E-state index contributed by atoms with van der Waals surface area (Å²) in [5, 5.41) is 0. The highest BCUT2D eigenvalue weighted by atomic mass is 32.2. The maximum Gasteiger partial charge on any atom is 0.241 e. The fourth-order valence-corrected chi connectivity index (χ4v) is 4.26. The Labute approximate surface area is 114 Å². The first-order valence-corrected chi connectivity index (χ1v) is 7.73. The Hall–Kier alpha value is -1.11. The van der Waals surface area contributed by atoms with E-state index < -0.39 is 10.0 Å². The molecule has 19 heavy (non-hydrogen) atoms. The number of nitrogens with one attached hydrogen (secondary N) is 1. The maximum atomic E-state index is 12.4. The van der Waals surface area contributed by atoms with Crippen molar-refractivity contribution in [2.24, 2.45) is 0 Å². The molecule has 2 rings (SSSR count). The van der Waals surface area contributed by atoms with E-state index in [-0.39, 0.29) is 12.1 Å². The molecule has 1 aromatic carbocycles. The lowest BCUT2D eigenvalue weighted by molar-refractivity contribution is 0.0236. The molecule has 0 radical (unpaired) electrons. The third kappa shape index (κ3) is 2.91. The number of sulfonamides is 1. The number of nitrogens with two attached hydrogens (primary N) is 1. The normalized spacial score (nSPS) is 23.1. The van der Waals surface area contributed by atoms with E-state index in [0.29, 0.717) is 21.7 Å². The Kier molecular flexibility index (Phi) is 3.85. The number of ether oxygens (including phenoxy) is 1. The summed E-state index contributed by atoms with van der Waals surface area (Å²) in [6.07, 6.45) is 1.62. The van der Waals surface area contributed by atoms with Crippen LogP contribution < -0.4 is 10.5 Å². The molecule has 0 atom stereocenters. The highest BCUT2D eigenvalue weighted by Crippen LogP contribution is 2.27. The molecule has 0 spiro atoms. The molecule has 1 aliphatic carbocycles. The predicted octanol–water partition coefficient (Wildman–Crippen LogP) is 1.34. The second kappa shape index (κ2) is 5.11. The van der Waals surface area contributed by atoms with Crippen LogP contribution in [0.4, 0.5) is 5.69 Å². The van der Waals surface area contributed by atoms with Crippen LogP contribution in [0.2, 0.25) is 0 Å². The summed E-state index contributed by atoms with van der Waals surface area (Å²) >= 11 is 0. The highest BCUT2D eigenvalue weighted by molar-refractivity contribution is 7.89. The van der Waals surface area contributed by atoms with Crippen molar-refractivity contribution in [1.29, 1.82) is 0 Å². The minimum absolute atomic E-state index is 0.0358. The number of aryl methyl sites for hydroxylation is 2. The summed E-state index contributed by atoms with van der Waals surface area (Å²) in [6, 6.07) is 3.33. The van der Waals surface area contributed by atoms with E-state index in [4.69, 9.17) is 10.5 Å². The van der Waals surface area contributed by atoms with Gasteiger partial charge in [0.25, 0.3) is 0 Å². The summed E-state index contributed by atoms with van der Waals surface area (Å²) in [6.45, 7) is 3.52. The molecule has 3 N–H and O–H groups in total. The molecular formula is C13H20N2O3S. The van der Waals surface area contributed by atoms with Gasteiger partial charge in [-0.2, -0.15) is 0 Å². The fourth-order valence-electron chi connectivity index (χ4n) is 2.54. The Morgan fingerprint density at radius 3 is 2.26 bits per heavy atom. The molecule has 6 heteroatoms. The van der Waals surface area contributed by atoms with Crippen LogP contribution in [0, 0.1) is 13.8 Å². The van der Waals surface area contributed by atoms with Gasteiger partial charge in [-0.25, -0.2) is 13.1 Å². The molecule has 5 nitrogen and oxygen atoms in total. The zero-order valence-electron chi connectivity index (χ0n) is 11.4. The van der Waals surface area contributed by atoms with Crippen molar-refractivity contribution in [2.75, 3.05) is 12.8 Å². The second-order valence-electron chi connectivity index (χ2n) is 5.13. The Balaban J connectivity index is 2.21. The molecule has 1 aliphatic rings. The molecular weight excluding hydrogens is 264 g/mol. The smallest absolute Gasteiger partial charge is 0.241 e. The molecule has 0 aromatic heterocycles. The van der Waals surface area contributed by atoms with Crippen molar-refractivity contribution in [1.82, 2.24) is 4.72 Å². The Morgan fingerprint density at radius 2 is 1.79 bits per heavy atom. The number of hydrogen-bond acceptors (Lipinski definition) is 4. The van der Waals surface area contributed by atoms with Gasteiger partial charge in [-0.3, -0.25) is 0 Å². The van der Waals surface area contributed by atoms with Crippen molar-refractivity contribution in [3.05, 3.63) is 23.3 Å². The third-order valence-corrected chi connectivity index (χ3v) is 5.33. The SMILES string of the molecule is COC1CC(NS(=O)(=O)c2c(C)cc(N)cc2C)C1. The molecule has 1 saturated carbocycles. The van der Waals surface area contributed by atoms with Gasteiger partial charge >= 0.3 is 0 Å². The predicted molar refractivity (Wildman–Crippen MR) is 74.5 cm³/mol. The third-order valence-electron chi connectivity index (χ3n) is 3.50. The molecule has 0 unspecified atom stereocenters. The number of benzene rings is 1. The molecule has 0 heterocycles. The molecule has 0 bridgehead atoms. The van der Waals surface area contributed by atoms with Gasteiger partial charge < -0.3 is 10.5 Å². The Bertz CT molecular complexity index is 555. The van der Waals surface area contributed by atoms with Gasteiger partial charge in [-0.1, -0.05) is 0 Å². The summed E-state index contributed by atoms with van der Waals surface area (Å²) in [5.41, 5.74) is 7.64. The van der Waals surface area contributed by atoms with Gasteiger partial charge in [0.1, 0.15) is 0 Å². The molecule has 0 amide bonds. The standard InChI is InChI=1S/C13H20N2O3S/c1-8-4-10(14)5-9(2)13(8)19(16,17)15-11-6-12(7-11)18-3/h4-5,11-12,15H,6-7,14H2,1-3H3. The van der Waals surface area contributed by atoms with E-state index in [1.54, 1.807) is 33.1 Å². The van der Waals surface area contributed by atoms with Crippen LogP contribution in [0.3, 0.4) is 0 Å². The lowest BCUT2D eigenvalue weighted by atomic mass is 9.90. The van der Waals surface area contributed by atoms with Gasteiger partial charge in [0.15, 0.2) is 0 Å². The zero-order chi connectivity index (χ0) is 14.2. The second-order valence-corrected chi connectivity index (χ2v) is 6.78. The summed E-state index contributed by atoms with van der Waals surface area (Å²) in [4.78, 5) is 0.336. The van der Waals surface area contributed by atoms with E-state index in [1.807, 2.05) is 0 Å². The topological polar surface area (TPSA) is 81.4 Å². The zero-order valence-corrected chi connectivity index (χ0v) is 12.3. The van der Waals surface area contributed by atoms with Crippen LogP contribution in [-0.4, -0.2) is 27.7 Å². The minimum atomic E-state index is -3.49.